The lowest BCUT2D eigenvalue weighted by Gasteiger charge is -2.11. The third-order valence-electron chi connectivity index (χ3n) is 3.97. The van der Waals surface area contributed by atoms with Gasteiger partial charge in [0, 0.05) is 24.7 Å². The Bertz CT molecular complexity index is 1090. The van der Waals surface area contributed by atoms with E-state index in [-0.39, 0.29) is 29.2 Å². The average Bonchev–Trinajstić information content (AvgIpc) is 2.61. The van der Waals surface area contributed by atoms with E-state index in [1.165, 1.54) is 25.1 Å². The van der Waals surface area contributed by atoms with Crippen molar-refractivity contribution in [2.24, 2.45) is 5.14 Å². The van der Waals surface area contributed by atoms with E-state index in [0.717, 1.165) is 6.07 Å². The highest BCUT2D eigenvalue weighted by molar-refractivity contribution is 7.89. The number of sulfonamides is 1. The van der Waals surface area contributed by atoms with Crippen LogP contribution in [0.5, 0.6) is 0 Å². The molecule has 0 bridgehead atoms. The minimum atomic E-state index is -4.73. The highest BCUT2D eigenvalue weighted by Crippen LogP contribution is 2.34. The number of hydrogen-bond acceptors (Lipinski definition) is 6. The van der Waals surface area contributed by atoms with Crippen LogP contribution in [0.3, 0.4) is 0 Å². The fourth-order valence-electron chi connectivity index (χ4n) is 2.53. The largest absolute Gasteiger partial charge is 0.416 e. The molecule has 0 spiro atoms. The molecule has 0 aliphatic heterocycles. The number of nitrogens with two attached hydrogens (primary N) is 1. The van der Waals surface area contributed by atoms with Crippen molar-refractivity contribution in [3.05, 3.63) is 57.6 Å². The Kier molecular flexibility index (Phi) is 6.67. The number of aryl methyl sites for hydroxylation is 1. The number of halogens is 3. The maximum Gasteiger partial charge on any atom is 0.416 e. The van der Waals surface area contributed by atoms with Gasteiger partial charge in [-0.1, -0.05) is 6.07 Å². The number of amides is 1. The van der Waals surface area contributed by atoms with Gasteiger partial charge in [0.15, 0.2) is 0 Å². The zero-order chi connectivity index (χ0) is 22.7. The molecule has 0 aliphatic rings. The summed E-state index contributed by atoms with van der Waals surface area (Å²) in [5, 5.41) is 21.1. The standard InChI is InChI=1S/C17H17F3N4O5S/c1-10-2-4-12(9-15(10)30(21,28)29)23-16(25)6-7-22-13-5-3-11(17(18,19)20)8-14(13)24(26)27/h2-5,8-9,22H,6-7H2,1H3,(H,23,25)(H2,21,28,29). The lowest BCUT2D eigenvalue weighted by Crippen LogP contribution is -2.18. The van der Waals surface area contributed by atoms with Crippen LogP contribution in [-0.2, 0) is 21.0 Å². The highest BCUT2D eigenvalue weighted by Gasteiger charge is 2.33. The van der Waals surface area contributed by atoms with E-state index >= 15 is 0 Å². The predicted octanol–water partition coefficient (Wildman–Crippen LogP) is 3.01. The monoisotopic (exact) mass is 446 g/mol. The van der Waals surface area contributed by atoms with Gasteiger partial charge in [0.05, 0.1) is 15.4 Å². The first-order valence-electron chi connectivity index (χ1n) is 8.32. The summed E-state index contributed by atoms with van der Waals surface area (Å²) >= 11 is 0. The van der Waals surface area contributed by atoms with Gasteiger partial charge in [0.25, 0.3) is 5.69 Å². The SMILES string of the molecule is Cc1ccc(NC(=O)CCNc2ccc(C(F)(F)F)cc2[N+](=O)[O-])cc1S(N)(=O)=O. The van der Waals surface area contributed by atoms with Gasteiger partial charge in [0.1, 0.15) is 5.69 Å². The second-order valence-electron chi connectivity index (χ2n) is 6.24. The Morgan fingerprint density at radius 1 is 1.20 bits per heavy atom. The second-order valence-corrected chi connectivity index (χ2v) is 7.77. The maximum absolute atomic E-state index is 12.7. The number of nitro benzene ring substituents is 1. The van der Waals surface area contributed by atoms with Crippen LogP contribution in [0.25, 0.3) is 0 Å². The van der Waals surface area contributed by atoms with Crippen LogP contribution >= 0.6 is 0 Å². The van der Waals surface area contributed by atoms with Crippen molar-refractivity contribution in [2.75, 3.05) is 17.2 Å². The fraction of sp³-hybridized carbons (Fsp3) is 0.235. The quantitative estimate of drug-likeness (QED) is 0.440. The molecule has 0 unspecified atom stereocenters. The van der Waals surface area contributed by atoms with Crippen LogP contribution in [0, 0.1) is 17.0 Å². The molecule has 0 atom stereocenters. The van der Waals surface area contributed by atoms with Crippen LogP contribution in [0.2, 0.25) is 0 Å². The third-order valence-corrected chi connectivity index (χ3v) is 5.02. The van der Waals surface area contributed by atoms with E-state index in [1.54, 1.807) is 0 Å². The lowest BCUT2D eigenvalue weighted by molar-refractivity contribution is -0.384. The summed E-state index contributed by atoms with van der Waals surface area (Å²) in [6, 6.07) is 6.13. The number of carbonyl (C=O) groups is 1. The molecule has 2 aromatic carbocycles. The van der Waals surface area contributed by atoms with E-state index in [1.807, 2.05) is 0 Å². The van der Waals surface area contributed by atoms with E-state index < -0.39 is 38.3 Å². The summed E-state index contributed by atoms with van der Waals surface area (Å²) in [4.78, 5) is 22.0. The molecule has 162 valence electrons. The number of carbonyl (C=O) groups excluding carboxylic acids is 1. The van der Waals surface area contributed by atoms with Gasteiger partial charge in [-0.05, 0) is 36.8 Å². The molecule has 13 heteroatoms. The van der Waals surface area contributed by atoms with Crippen molar-refractivity contribution in [3.8, 4) is 0 Å². The minimum absolute atomic E-state index is 0.119. The van der Waals surface area contributed by atoms with E-state index in [2.05, 4.69) is 10.6 Å². The Balaban J connectivity index is 2.04. The molecule has 30 heavy (non-hydrogen) atoms. The summed E-state index contributed by atoms with van der Waals surface area (Å²) in [7, 11) is -3.98. The van der Waals surface area contributed by atoms with Crippen molar-refractivity contribution in [1.29, 1.82) is 0 Å². The number of primary sulfonamides is 1. The summed E-state index contributed by atoms with van der Waals surface area (Å²) in [6.07, 6.45) is -4.93. The van der Waals surface area contributed by atoms with Crippen molar-refractivity contribution in [1.82, 2.24) is 0 Å². The number of benzene rings is 2. The first-order chi connectivity index (χ1) is 13.8. The second kappa shape index (κ2) is 8.67. The highest BCUT2D eigenvalue weighted by atomic mass is 32.2. The molecule has 0 aliphatic carbocycles. The Morgan fingerprint density at radius 3 is 2.43 bits per heavy atom. The molecule has 0 aromatic heterocycles. The number of anilines is 2. The molecule has 2 aromatic rings. The van der Waals surface area contributed by atoms with Crippen molar-refractivity contribution < 1.29 is 31.3 Å². The molecular formula is C17H17F3N4O5S. The summed E-state index contributed by atoms with van der Waals surface area (Å²) < 4.78 is 61.2. The molecule has 0 radical (unpaired) electrons. The molecule has 0 fully saturated rings. The summed E-state index contributed by atoms with van der Waals surface area (Å²) in [6.45, 7) is 1.41. The Hall–Kier alpha value is -3.19. The molecule has 4 N–H and O–H groups in total. The molecule has 1 amide bonds. The Labute approximate surface area is 169 Å². The van der Waals surface area contributed by atoms with Crippen LogP contribution in [-0.4, -0.2) is 25.8 Å². The number of hydrogen-bond donors (Lipinski definition) is 3. The fourth-order valence-corrected chi connectivity index (χ4v) is 3.34. The van der Waals surface area contributed by atoms with Crippen LogP contribution in [0.1, 0.15) is 17.5 Å². The first-order valence-corrected chi connectivity index (χ1v) is 9.86. The normalized spacial score (nSPS) is 11.8. The molecule has 2 rings (SSSR count). The first kappa shape index (κ1) is 23.1. The van der Waals surface area contributed by atoms with Gasteiger partial charge in [-0.25, -0.2) is 13.6 Å². The van der Waals surface area contributed by atoms with Gasteiger partial charge in [-0.15, -0.1) is 0 Å². The summed E-state index contributed by atoms with van der Waals surface area (Å²) in [5.74, 6) is -0.554. The van der Waals surface area contributed by atoms with Crippen molar-refractivity contribution >= 4 is 33.0 Å². The lowest BCUT2D eigenvalue weighted by atomic mass is 10.1. The molecule has 0 heterocycles. The number of nitrogens with zero attached hydrogens (tertiary/aromatic N) is 1. The predicted molar refractivity (Wildman–Crippen MR) is 102 cm³/mol. The number of nitrogens with one attached hydrogen (secondary N) is 2. The third kappa shape index (κ3) is 5.90. The van der Waals surface area contributed by atoms with Crippen molar-refractivity contribution in [2.45, 2.75) is 24.4 Å². The van der Waals surface area contributed by atoms with Crippen molar-refractivity contribution in [3.63, 3.8) is 0 Å². The zero-order valence-corrected chi connectivity index (χ0v) is 16.3. The van der Waals surface area contributed by atoms with E-state index in [0.29, 0.717) is 17.7 Å². The molecule has 9 nitrogen and oxygen atoms in total. The average molecular weight is 446 g/mol. The molecule has 0 saturated carbocycles. The number of alkyl halides is 3. The van der Waals surface area contributed by atoms with Gasteiger partial charge in [0.2, 0.25) is 15.9 Å². The van der Waals surface area contributed by atoms with Crippen LogP contribution in [0.15, 0.2) is 41.3 Å². The van der Waals surface area contributed by atoms with Crippen LogP contribution < -0.4 is 15.8 Å². The smallest absolute Gasteiger partial charge is 0.379 e. The topological polar surface area (TPSA) is 144 Å². The van der Waals surface area contributed by atoms with Gasteiger partial charge >= 0.3 is 6.18 Å². The van der Waals surface area contributed by atoms with E-state index in [9.17, 15) is 36.5 Å². The van der Waals surface area contributed by atoms with Gasteiger partial charge < -0.3 is 10.6 Å². The Morgan fingerprint density at radius 2 is 1.87 bits per heavy atom. The minimum Gasteiger partial charge on any atom is -0.379 e. The van der Waals surface area contributed by atoms with Gasteiger partial charge in [-0.2, -0.15) is 13.2 Å². The van der Waals surface area contributed by atoms with Crippen LogP contribution in [0.4, 0.5) is 30.2 Å². The van der Waals surface area contributed by atoms with E-state index in [4.69, 9.17) is 5.14 Å². The molecular weight excluding hydrogens is 429 g/mol. The zero-order valence-electron chi connectivity index (χ0n) is 15.5. The maximum atomic E-state index is 12.7. The number of rotatable bonds is 7. The number of nitro groups is 1. The van der Waals surface area contributed by atoms with Gasteiger partial charge in [-0.3, -0.25) is 14.9 Å². The molecule has 0 saturated heterocycles. The summed E-state index contributed by atoms with van der Waals surface area (Å²) in [5.41, 5.74) is -1.54.